The van der Waals surface area contributed by atoms with Crippen LogP contribution >= 0.6 is 11.6 Å². The topological polar surface area (TPSA) is 59.9 Å². The van der Waals surface area contributed by atoms with Gasteiger partial charge in [-0.2, -0.15) is 0 Å². The molecular weight excluding hydrogens is 376 g/mol. The first-order valence-corrected chi connectivity index (χ1v) is 9.05. The van der Waals surface area contributed by atoms with E-state index in [0.29, 0.717) is 23.1 Å². The first-order chi connectivity index (χ1) is 13.7. The highest BCUT2D eigenvalue weighted by Gasteiger charge is 2.05. The third kappa shape index (κ3) is 5.86. The van der Waals surface area contributed by atoms with Gasteiger partial charge in [0.2, 0.25) is 0 Å². The number of benzene rings is 3. The first-order valence-electron chi connectivity index (χ1n) is 8.68. The summed E-state index contributed by atoms with van der Waals surface area (Å²) in [6.07, 6.45) is 1.51. The van der Waals surface area contributed by atoms with E-state index in [0.717, 1.165) is 11.1 Å². The van der Waals surface area contributed by atoms with Crippen molar-refractivity contribution in [3.8, 4) is 5.75 Å². The van der Waals surface area contributed by atoms with Crippen molar-refractivity contribution in [2.75, 3.05) is 11.9 Å². The van der Waals surface area contributed by atoms with E-state index < -0.39 is 0 Å². The quantitative estimate of drug-likeness (QED) is 0.436. The van der Waals surface area contributed by atoms with E-state index in [4.69, 9.17) is 21.2 Å². The van der Waals surface area contributed by atoms with Gasteiger partial charge in [0.1, 0.15) is 12.4 Å². The maximum atomic E-state index is 11.8. The van der Waals surface area contributed by atoms with Gasteiger partial charge in [0.05, 0.1) is 6.21 Å². The molecule has 0 aliphatic carbocycles. The molecule has 28 heavy (non-hydrogen) atoms. The smallest absolute Gasteiger partial charge is 0.265 e. The second-order valence-electron chi connectivity index (χ2n) is 5.84. The minimum absolute atomic E-state index is 0.186. The summed E-state index contributed by atoms with van der Waals surface area (Å²) in [5.74, 6) is 0.357. The Morgan fingerprint density at radius 1 is 0.964 bits per heavy atom. The van der Waals surface area contributed by atoms with E-state index in [1.807, 2.05) is 66.7 Å². The van der Waals surface area contributed by atoms with Gasteiger partial charge in [-0.15, -0.1) is 0 Å². The Morgan fingerprint density at radius 2 is 1.68 bits per heavy atom. The number of anilines is 1. The number of halogens is 1. The van der Waals surface area contributed by atoms with Gasteiger partial charge >= 0.3 is 0 Å². The number of nitrogens with one attached hydrogen (secondary N) is 1. The summed E-state index contributed by atoms with van der Waals surface area (Å²) >= 11 is 6.16. The fourth-order valence-electron chi connectivity index (χ4n) is 2.40. The fourth-order valence-corrected chi connectivity index (χ4v) is 2.59. The van der Waals surface area contributed by atoms with Crippen molar-refractivity contribution < 1.29 is 14.4 Å². The second-order valence-corrected chi connectivity index (χ2v) is 6.25. The molecule has 0 heterocycles. The van der Waals surface area contributed by atoms with Crippen LogP contribution in [0.3, 0.4) is 0 Å². The molecule has 0 spiro atoms. The van der Waals surface area contributed by atoms with Crippen molar-refractivity contribution >= 4 is 29.4 Å². The molecule has 0 aliphatic heterocycles. The molecule has 0 saturated heterocycles. The SMILES string of the molecule is O=C(CO/N=C/c1ccccc1OCc1ccccc1Cl)Nc1ccccc1. The van der Waals surface area contributed by atoms with Gasteiger partial charge in [0.25, 0.3) is 5.91 Å². The summed E-state index contributed by atoms with van der Waals surface area (Å²) in [4.78, 5) is 16.9. The molecule has 142 valence electrons. The van der Waals surface area contributed by atoms with Crippen molar-refractivity contribution in [2.24, 2.45) is 5.16 Å². The van der Waals surface area contributed by atoms with Crippen molar-refractivity contribution in [1.29, 1.82) is 0 Å². The lowest BCUT2D eigenvalue weighted by molar-refractivity contribution is -0.120. The number of rotatable bonds is 8. The number of carbonyl (C=O) groups is 1. The van der Waals surface area contributed by atoms with Crippen LogP contribution in [0.25, 0.3) is 0 Å². The van der Waals surface area contributed by atoms with Gasteiger partial charge in [-0.1, -0.05) is 65.3 Å². The number of carbonyl (C=O) groups excluding carboxylic acids is 1. The van der Waals surface area contributed by atoms with E-state index in [-0.39, 0.29) is 12.5 Å². The maximum absolute atomic E-state index is 11.8. The lowest BCUT2D eigenvalue weighted by Gasteiger charge is -2.10. The number of amides is 1. The molecule has 0 unspecified atom stereocenters. The maximum Gasteiger partial charge on any atom is 0.265 e. The monoisotopic (exact) mass is 394 g/mol. The lowest BCUT2D eigenvalue weighted by Crippen LogP contribution is -2.16. The molecular formula is C22H19ClN2O3. The molecule has 5 nitrogen and oxygen atoms in total. The van der Waals surface area contributed by atoms with E-state index in [1.165, 1.54) is 6.21 Å². The number of hydrogen-bond acceptors (Lipinski definition) is 4. The van der Waals surface area contributed by atoms with Crippen LogP contribution < -0.4 is 10.1 Å². The molecule has 3 rings (SSSR count). The second kappa shape index (κ2) is 10.1. The molecule has 3 aromatic rings. The zero-order valence-corrected chi connectivity index (χ0v) is 15.8. The van der Waals surface area contributed by atoms with Crippen LogP contribution in [0.15, 0.2) is 84.0 Å². The molecule has 6 heteroatoms. The Morgan fingerprint density at radius 3 is 2.50 bits per heavy atom. The Balaban J connectivity index is 1.52. The zero-order valence-electron chi connectivity index (χ0n) is 15.0. The Bertz CT molecular complexity index is 945. The van der Waals surface area contributed by atoms with E-state index in [1.54, 1.807) is 12.1 Å². The summed E-state index contributed by atoms with van der Waals surface area (Å²) in [7, 11) is 0. The van der Waals surface area contributed by atoms with E-state index >= 15 is 0 Å². The van der Waals surface area contributed by atoms with Gasteiger partial charge in [0.15, 0.2) is 6.61 Å². The van der Waals surface area contributed by atoms with Crippen LogP contribution in [0.4, 0.5) is 5.69 Å². The molecule has 3 aromatic carbocycles. The molecule has 1 N–H and O–H groups in total. The van der Waals surface area contributed by atoms with Crippen LogP contribution in [0.1, 0.15) is 11.1 Å². The van der Waals surface area contributed by atoms with Gasteiger partial charge < -0.3 is 14.9 Å². The third-order valence-corrected chi connectivity index (χ3v) is 4.15. The minimum atomic E-state index is -0.286. The molecule has 0 atom stereocenters. The van der Waals surface area contributed by atoms with Crippen LogP contribution in [-0.2, 0) is 16.2 Å². The highest BCUT2D eigenvalue weighted by Crippen LogP contribution is 2.21. The van der Waals surface area contributed by atoms with Crippen LogP contribution in [0.5, 0.6) is 5.75 Å². The van der Waals surface area contributed by atoms with Crippen molar-refractivity contribution in [3.05, 3.63) is 95.0 Å². The fraction of sp³-hybridized carbons (Fsp3) is 0.0909. The largest absolute Gasteiger partial charge is 0.488 e. The van der Waals surface area contributed by atoms with Crippen molar-refractivity contribution in [1.82, 2.24) is 0 Å². The van der Waals surface area contributed by atoms with Crippen LogP contribution in [0, 0.1) is 0 Å². The van der Waals surface area contributed by atoms with Gasteiger partial charge in [-0.05, 0) is 30.3 Å². The summed E-state index contributed by atoms with van der Waals surface area (Å²) in [5, 5.41) is 7.24. The molecule has 0 bridgehead atoms. The Hall–Kier alpha value is -3.31. The third-order valence-electron chi connectivity index (χ3n) is 3.78. The Kier molecular flexibility index (Phi) is 7.04. The van der Waals surface area contributed by atoms with Crippen molar-refractivity contribution in [3.63, 3.8) is 0 Å². The standard InChI is InChI=1S/C22H19ClN2O3/c23-20-12-6-4-9-18(20)15-27-21-13-7-5-8-17(21)14-24-28-16-22(26)25-19-10-2-1-3-11-19/h1-14H,15-16H2,(H,25,26)/b24-14+. The number of para-hydroxylation sites is 2. The number of oxime groups is 1. The lowest BCUT2D eigenvalue weighted by atomic mass is 10.2. The predicted octanol–water partition coefficient (Wildman–Crippen LogP) is 4.91. The minimum Gasteiger partial charge on any atom is -0.488 e. The van der Waals surface area contributed by atoms with Gasteiger partial charge in [0, 0.05) is 21.8 Å². The van der Waals surface area contributed by atoms with Crippen LogP contribution in [0.2, 0.25) is 5.02 Å². The molecule has 0 aromatic heterocycles. The highest BCUT2D eigenvalue weighted by atomic mass is 35.5. The summed E-state index contributed by atoms with van der Waals surface area (Å²) < 4.78 is 5.85. The number of hydrogen-bond donors (Lipinski definition) is 1. The van der Waals surface area contributed by atoms with Crippen molar-refractivity contribution in [2.45, 2.75) is 6.61 Å². The average Bonchev–Trinajstić information content (AvgIpc) is 2.72. The highest BCUT2D eigenvalue weighted by molar-refractivity contribution is 6.31. The van der Waals surface area contributed by atoms with Gasteiger partial charge in [-0.3, -0.25) is 4.79 Å². The summed E-state index contributed by atoms with van der Waals surface area (Å²) in [5.41, 5.74) is 2.33. The first kappa shape index (κ1) is 19.5. The summed E-state index contributed by atoms with van der Waals surface area (Å²) in [6.45, 7) is 0.152. The summed E-state index contributed by atoms with van der Waals surface area (Å²) in [6, 6.07) is 24.1. The molecule has 0 saturated carbocycles. The normalized spacial score (nSPS) is 10.6. The molecule has 0 fully saturated rings. The zero-order chi connectivity index (χ0) is 19.6. The van der Waals surface area contributed by atoms with E-state index in [9.17, 15) is 4.79 Å². The molecule has 0 radical (unpaired) electrons. The average molecular weight is 395 g/mol. The molecule has 1 amide bonds. The number of nitrogens with zero attached hydrogens (tertiary/aromatic N) is 1. The van der Waals surface area contributed by atoms with Gasteiger partial charge in [-0.25, -0.2) is 0 Å². The van der Waals surface area contributed by atoms with Crippen LogP contribution in [-0.4, -0.2) is 18.7 Å². The Labute approximate surface area is 168 Å². The predicted molar refractivity (Wildman–Crippen MR) is 111 cm³/mol. The molecule has 0 aliphatic rings. The van der Waals surface area contributed by atoms with E-state index in [2.05, 4.69) is 10.5 Å². The number of ether oxygens (including phenoxy) is 1.